The zero-order valence-electron chi connectivity index (χ0n) is 12.1. The fourth-order valence-electron chi connectivity index (χ4n) is 3.48. The van der Waals surface area contributed by atoms with Gasteiger partial charge in [-0.2, -0.15) is 0 Å². The highest BCUT2D eigenvalue weighted by molar-refractivity contribution is 5.38. The SMILES string of the molecule is Fc1ccc(N2CCC[C@H](CN3CCCCC3)C2)nc1. The third-order valence-electron chi connectivity index (χ3n) is 4.52. The van der Waals surface area contributed by atoms with Crippen molar-refractivity contribution in [2.45, 2.75) is 32.1 Å². The van der Waals surface area contributed by atoms with E-state index in [0.717, 1.165) is 24.8 Å². The Balaban J connectivity index is 1.57. The topological polar surface area (TPSA) is 19.4 Å². The summed E-state index contributed by atoms with van der Waals surface area (Å²) < 4.78 is 13.0. The van der Waals surface area contributed by atoms with Crippen LogP contribution in [-0.2, 0) is 0 Å². The second-order valence-electron chi connectivity index (χ2n) is 6.15. The summed E-state index contributed by atoms with van der Waals surface area (Å²) in [6, 6.07) is 3.31. The lowest BCUT2D eigenvalue weighted by Crippen LogP contribution is -2.42. The summed E-state index contributed by atoms with van der Waals surface area (Å²) in [5.41, 5.74) is 0. The van der Waals surface area contributed by atoms with Crippen LogP contribution in [0.25, 0.3) is 0 Å². The summed E-state index contributed by atoms with van der Waals surface area (Å²) in [4.78, 5) is 9.16. The van der Waals surface area contributed by atoms with Gasteiger partial charge in [-0.05, 0) is 56.8 Å². The van der Waals surface area contributed by atoms with Crippen LogP contribution in [0.15, 0.2) is 18.3 Å². The van der Waals surface area contributed by atoms with Crippen LogP contribution >= 0.6 is 0 Å². The number of aromatic nitrogens is 1. The van der Waals surface area contributed by atoms with Crippen LogP contribution in [0.5, 0.6) is 0 Å². The molecule has 20 heavy (non-hydrogen) atoms. The van der Waals surface area contributed by atoms with E-state index in [0.29, 0.717) is 0 Å². The molecule has 0 aromatic carbocycles. The Kier molecular flexibility index (Phi) is 4.51. The lowest BCUT2D eigenvalue weighted by Gasteiger charge is -2.37. The lowest BCUT2D eigenvalue weighted by molar-refractivity contribution is 0.185. The quantitative estimate of drug-likeness (QED) is 0.847. The highest BCUT2D eigenvalue weighted by atomic mass is 19.1. The molecule has 0 saturated carbocycles. The molecule has 0 aliphatic carbocycles. The average molecular weight is 277 g/mol. The van der Waals surface area contributed by atoms with Crippen LogP contribution in [-0.4, -0.2) is 42.6 Å². The molecule has 3 rings (SSSR count). The number of anilines is 1. The molecular formula is C16H24FN3. The van der Waals surface area contributed by atoms with Gasteiger partial charge in [-0.1, -0.05) is 6.42 Å². The van der Waals surface area contributed by atoms with Gasteiger partial charge in [0.1, 0.15) is 11.6 Å². The maximum absolute atomic E-state index is 13.0. The summed E-state index contributed by atoms with van der Waals surface area (Å²) in [7, 11) is 0. The number of likely N-dealkylation sites (tertiary alicyclic amines) is 1. The summed E-state index contributed by atoms with van der Waals surface area (Å²) >= 11 is 0. The van der Waals surface area contributed by atoms with Crippen LogP contribution in [0.1, 0.15) is 32.1 Å². The Bertz CT molecular complexity index is 414. The van der Waals surface area contributed by atoms with E-state index in [2.05, 4.69) is 14.8 Å². The Labute approximate surface area is 120 Å². The van der Waals surface area contributed by atoms with Crippen molar-refractivity contribution in [3.63, 3.8) is 0 Å². The molecule has 2 aliphatic heterocycles. The average Bonchev–Trinajstić information content (AvgIpc) is 2.49. The number of hydrogen-bond acceptors (Lipinski definition) is 3. The second-order valence-corrected chi connectivity index (χ2v) is 6.15. The standard InChI is InChI=1S/C16H24FN3/c17-15-6-7-16(18-11-15)20-10-4-5-14(13-20)12-19-8-2-1-3-9-19/h6-7,11,14H,1-5,8-10,12-13H2/t14-/m1/s1. The first-order valence-electron chi connectivity index (χ1n) is 7.90. The first-order valence-corrected chi connectivity index (χ1v) is 7.90. The fourth-order valence-corrected chi connectivity index (χ4v) is 3.48. The van der Waals surface area contributed by atoms with Crippen molar-refractivity contribution in [3.05, 3.63) is 24.1 Å². The molecular weight excluding hydrogens is 253 g/mol. The van der Waals surface area contributed by atoms with E-state index >= 15 is 0 Å². The molecule has 2 fully saturated rings. The third kappa shape index (κ3) is 3.48. The van der Waals surface area contributed by atoms with E-state index in [1.807, 2.05) is 0 Å². The van der Waals surface area contributed by atoms with Gasteiger partial charge in [-0.3, -0.25) is 0 Å². The van der Waals surface area contributed by atoms with E-state index in [4.69, 9.17) is 0 Å². The monoisotopic (exact) mass is 277 g/mol. The van der Waals surface area contributed by atoms with Crippen molar-refractivity contribution in [1.82, 2.24) is 9.88 Å². The fraction of sp³-hybridized carbons (Fsp3) is 0.688. The number of halogens is 1. The normalized spacial score (nSPS) is 24.9. The van der Waals surface area contributed by atoms with Gasteiger partial charge in [0.25, 0.3) is 0 Å². The molecule has 1 aromatic heterocycles. The van der Waals surface area contributed by atoms with Crippen molar-refractivity contribution in [2.24, 2.45) is 5.92 Å². The third-order valence-corrected chi connectivity index (χ3v) is 4.52. The molecule has 110 valence electrons. The predicted octanol–water partition coefficient (Wildman–Crippen LogP) is 2.92. The van der Waals surface area contributed by atoms with E-state index in [-0.39, 0.29) is 5.82 Å². The summed E-state index contributed by atoms with van der Waals surface area (Å²) in [6.07, 6.45) is 7.97. The minimum atomic E-state index is -0.254. The zero-order valence-corrected chi connectivity index (χ0v) is 12.1. The first-order chi connectivity index (χ1) is 9.81. The summed E-state index contributed by atoms with van der Waals surface area (Å²) in [5, 5.41) is 0. The van der Waals surface area contributed by atoms with Gasteiger partial charge in [-0.25, -0.2) is 9.37 Å². The molecule has 3 nitrogen and oxygen atoms in total. The lowest BCUT2D eigenvalue weighted by atomic mass is 9.96. The molecule has 0 spiro atoms. The molecule has 3 heterocycles. The predicted molar refractivity (Wildman–Crippen MR) is 79.4 cm³/mol. The molecule has 2 saturated heterocycles. The van der Waals surface area contributed by atoms with Gasteiger partial charge in [0.2, 0.25) is 0 Å². The number of hydrogen-bond donors (Lipinski definition) is 0. The number of nitrogens with zero attached hydrogens (tertiary/aromatic N) is 3. The van der Waals surface area contributed by atoms with E-state index < -0.39 is 0 Å². The largest absolute Gasteiger partial charge is 0.356 e. The Morgan fingerprint density at radius 3 is 2.70 bits per heavy atom. The summed E-state index contributed by atoms with van der Waals surface area (Å²) in [6.45, 7) is 5.87. The van der Waals surface area contributed by atoms with Crippen LogP contribution in [0.4, 0.5) is 10.2 Å². The highest BCUT2D eigenvalue weighted by Crippen LogP contribution is 2.23. The van der Waals surface area contributed by atoms with Crippen molar-refractivity contribution in [1.29, 1.82) is 0 Å². The van der Waals surface area contributed by atoms with Gasteiger partial charge < -0.3 is 9.80 Å². The summed E-state index contributed by atoms with van der Waals surface area (Å²) in [5.74, 6) is 1.40. The van der Waals surface area contributed by atoms with E-state index in [9.17, 15) is 4.39 Å². The molecule has 2 aliphatic rings. The molecule has 0 amide bonds. The Morgan fingerprint density at radius 1 is 1.10 bits per heavy atom. The van der Waals surface area contributed by atoms with Crippen molar-refractivity contribution < 1.29 is 4.39 Å². The van der Waals surface area contributed by atoms with Crippen molar-refractivity contribution >= 4 is 5.82 Å². The maximum atomic E-state index is 13.0. The molecule has 0 radical (unpaired) electrons. The maximum Gasteiger partial charge on any atom is 0.141 e. The van der Waals surface area contributed by atoms with Crippen LogP contribution in [0.2, 0.25) is 0 Å². The molecule has 0 unspecified atom stereocenters. The zero-order chi connectivity index (χ0) is 13.8. The van der Waals surface area contributed by atoms with Gasteiger partial charge >= 0.3 is 0 Å². The van der Waals surface area contributed by atoms with Gasteiger partial charge in [-0.15, -0.1) is 0 Å². The first kappa shape index (κ1) is 13.8. The van der Waals surface area contributed by atoms with E-state index in [1.165, 1.54) is 64.0 Å². The van der Waals surface area contributed by atoms with E-state index in [1.54, 1.807) is 6.07 Å². The van der Waals surface area contributed by atoms with Gasteiger partial charge in [0, 0.05) is 19.6 Å². The minimum absolute atomic E-state index is 0.254. The molecule has 0 N–H and O–H groups in total. The second kappa shape index (κ2) is 6.53. The van der Waals surface area contributed by atoms with Crippen molar-refractivity contribution in [3.8, 4) is 0 Å². The van der Waals surface area contributed by atoms with Crippen LogP contribution < -0.4 is 4.90 Å². The Morgan fingerprint density at radius 2 is 1.95 bits per heavy atom. The van der Waals surface area contributed by atoms with Crippen molar-refractivity contribution in [2.75, 3.05) is 37.6 Å². The Hall–Kier alpha value is -1.16. The van der Waals surface area contributed by atoms with Gasteiger partial charge in [0.15, 0.2) is 0 Å². The van der Waals surface area contributed by atoms with Gasteiger partial charge in [0.05, 0.1) is 6.20 Å². The molecule has 1 aromatic rings. The molecule has 4 heteroatoms. The number of piperidine rings is 2. The van der Waals surface area contributed by atoms with Crippen LogP contribution in [0, 0.1) is 11.7 Å². The van der Waals surface area contributed by atoms with Crippen LogP contribution in [0.3, 0.4) is 0 Å². The minimum Gasteiger partial charge on any atom is -0.356 e. The number of rotatable bonds is 3. The smallest absolute Gasteiger partial charge is 0.141 e. The molecule has 1 atom stereocenters. The highest BCUT2D eigenvalue weighted by Gasteiger charge is 2.23. The number of pyridine rings is 1. The molecule has 0 bridgehead atoms.